The SMILES string of the molecule is Cc1ccccc1-c1c2cccc(-c3ccccn3)c2cc[n+]1C.Cc1ccccc1-c1c2cccc(-c3cccnc3)c2cc[n+]1C.Cc1ccccc1-c1c2cccc(-c3ccncc3)c2cc[n+]1C.Cc1ccccc1-c1c2cccc(-c3ccncn3)c2cc[n+]1C. The zero-order chi connectivity index (χ0) is 66.1. The average Bonchev–Trinajstić information content (AvgIpc) is 0.896. The smallest absolute Gasteiger partial charge is 0.220 e. The van der Waals surface area contributed by atoms with E-state index < -0.39 is 0 Å². The summed E-state index contributed by atoms with van der Waals surface area (Å²) in [5.74, 6) is 0. The molecule has 0 radical (unpaired) electrons. The van der Waals surface area contributed by atoms with Crippen LogP contribution in [0.5, 0.6) is 0 Å². The molecule has 9 nitrogen and oxygen atoms in total. The molecule has 96 heavy (non-hydrogen) atoms. The lowest BCUT2D eigenvalue weighted by Gasteiger charge is -2.11. The number of hydrogen-bond acceptors (Lipinski definition) is 5. The molecule has 0 spiro atoms. The highest BCUT2D eigenvalue weighted by Crippen LogP contribution is 2.38. The van der Waals surface area contributed by atoms with E-state index in [1.54, 1.807) is 12.5 Å². The number of rotatable bonds is 8. The summed E-state index contributed by atoms with van der Waals surface area (Å²) < 4.78 is 8.81. The summed E-state index contributed by atoms with van der Waals surface area (Å²) in [5.41, 5.74) is 24.2. The molecule has 16 rings (SSSR count). The van der Waals surface area contributed by atoms with Crippen LogP contribution in [-0.2, 0) is 28.2 Å². The van der Waals surface area contributed by atoms with Gasteiger partial charge in [-0.3, -0.25) is 15.0 Å². The number of pyridine rings is 7. The number of hydrogen-bond donors (Lipinski definition) is 0. The third-order valence-corrected chi connectivity index (χ3v) is 18.1. The van der Waals surface area contributed by atoms with Crippen LogP contribution in [0.2, 0.25) is 0 Å². The van der Waals surface area contributed by atoms with E-state index in [9.17, 15) is 0 Å². The van der Waals surface area contributed by atoms with E-state index >= 15 is 0 Å². The molecule has 8 heterocycles. The third kappa shape index (κ3) is 12.9. The van der Waals surface area contributed by atoms with Crippen molar-refractivity contribution in [1.82, 2.24) is 24.9 Å². The van der Waals surface area contributed by atoms with Gasteiger partial charge in [0, 0.05) is 122 Å². The third-order valence-electron chi connectivity index (χ3n) is 18.1. The van der Waals surface area contributed by atoms with Crippen molar-refractivity contribution < 1.29 is 18.3 Å². The molecule has 8 aromatic carbocycles. The van der Waals surface area contributed by atoms with Crippen LogP contribution in [0.3, 0.4) is 0 Å². The lowest BCUT2D eigenvalue weighted by atomic mass is 9.95. The van der Waals surface area contributed by atoms with Gasteiger partial charge >= 0.3 is 0 Å². The van der Waals surface area contributed by atoms with Crippen LogP contribution in [-0.4, -0.2) is 24.9 Å². The van der Waals surface area contributed by atoms with Crippen molar-refractivity contribution in [1.29, 1.82) is 0 Å². The quantitative estimate of drug-likeness (QED) is 0.142. The van der Waals surface area contributed by atoms with Gasteiger partial charge in [-0.1, -0.05) is 133 Å². The lowest BCUT2D eigenvalue weighted by molar-refractivity contribution is -0.659. The number of nitrogens with zero attached hydrogens (tertiary/aromatic N) is 9. The summed E-state index contributed by atoms with van der Waals surface area (Å²) in [5, 5.41) is 9.95. The number of fused-ring (bicyclic) bond motifs is 4. The van der Waals surface area contributed by atoms with Crippen LogP contribution in [0.4, 0.5) is 0 Å². The first kappa shape index (κ1) is 62.7. The van der Waals surface area contributed by atoms with Crippen molar-refractivity contribution in [3.8, 4) is 89.8 Å². The van der Waals surface area contributed by atoms with Crippen LogP contribution in [0.15, 0.2) is 311 Å². The van der Waals surface area contributed by atoms with Gasteiger partial charge in [0.25, 0.3) is 0 Å². The Bertz CT molecular complexity index is 4770. The maximum Gasteiger partial charge on any atom is 0.220 e. The highest BCUT2D eigenvalue weighted by Gasteiger charge is 2.23. The minimum Gasteiger partial charge on any atom is -0.265 e. The standard InChI is InChI=1S/3C22H19N2.C21H18N3/c1-16-7-3-4-9-18(16)22-21-11-5-10-19(17-8-6-13-23-15-17)20(21)12-14-24(22)2;1-16-8-3-4-9-17(16)22-20-11-7-10-19(18(20)13-15-24(22)2)21-12-5-6-14-23-21;1-16-6-3-4-7-18(16)22-21-9-5-8-19(17-10-13-23-14-11-17)20(21)12-15-24(22)2;1-15-6-3-4-7-16(15)21-19-9-5-8-18(17(19)11-13-24(21)2)20-10-12-22-14-23-20/h3*3-15H,1-2H3;3-14H,1-2H3/q4*+1. The molecule has 0 amide bonds. The minimum atomic E-state index is 0.945. The van der Waals surface area contributed by atoms with E-state index in [1.165, 1.54) is 133 Å². The molecule has 0 saturated carbocycles. The second-order valence-electron chi connectivity index (χ2n) is 24.2. The van der Waals surface area contributed by atoms with Crippen LogP contribution in [0.1, 0.15) is 22.3 Å². The molecule has 0 unspecified atom stereocenters. The van der Waals surface area contributed by atoms with Crippen molar-refractivity contribution >= 4 is 43.1 Å². The second kappa shape index (κ2) is 28.4. The van der Waals surface area contributed by atoms with Crippen molar-refractivity contribution in [3.05, 3.63) is 333 Å². The molecular formula is C87H75N9+4. The molecule has 0 N–H and O–H groups in total. The van der Waals surface area contributed by atoms with Gasteiger partial charge in [0.1, 0.15) is 34.5 Å². The first-order valence-electron chi connectivity index (χ1n) is 32.4. The van der Waals surface area contributed by atoms with Crippen molar-refractivity contribution in [2.75, 3.05) is 0 Å². The van der Waals surface area contributed by atoms with Crippen LogP contribution in [0, 0.1) is 27.7 Å². The van der Waals surface area contributed by atoms with E-state index in [4.69, 9.17) is 0 Å². The van der Waals surface area contributed by atoms with Gasteiger partial charge in [-0.05, 0) is 152 Å². The van der Waals surface area contributed by atoms with E-state index in [-0.39, 0.29) is 0 Å². The molecule has 0 fully saturated rings. The summed E-state index contributed by atoms with van der Waals surface area (Å²) in [6, 6.07) is 85.0. The molecular weight excluding hydrogens is 1170 g/mol. The summed E-state index contributed by atoms with van der Waals surface area (Å²) in [6.07, 6.45) is 21.2. The molecule has 0 atom stereocenters. The Morgan fingerprint density at radius 2 is 0.583 bits per heavy atom. The molecule has 16 aromatic rings. The van der Waals surface area contributed by atoms with Crippen molar-refractivity contribution in [2.24, 2.45) is 28.2 Å². The Labute approximate surface area is 562 Å². The topological polar surface area (TPSA) is 80.0 Å². The monoisotopic (exact) mass is 1250 g/mol. The van der Waals surface area contributed by atoms with Gasteiger partial charge in [-0.15, -0.1) is 0 Å². The van der Waals surface area contributed by atoms with Crippen LogP contribution in [0.25, 0.3) is 133 Å². The Hall–Kier alpha value is -12.1. The van der Waals surface area contributed by atoms with Crippen molar-refractivity contribution in [2.45, 2.75) is 27.7 Å². The largest absolute Gasteiger partial charge is 0.265 e. The van der Waals surface area contributed by atoms with Gasteiger partial charge in [0.2, 0.25) is 22.8 Å². The normalized spacial score (nSPS) is 10.9. The molecule has 0 aliphatic rings. The van der Waals surface area contributed by atoms with Gasteiger partial charge in [0.15, 0.2) is 24.8 Å². The zero-order valence-electron chi connectivity index (χ0n) is 55.5. The Morgan fingerprint density at radius 3 is 0.948 bits per heavy atom. The average molecular weight is 1250 g/mol. The highest BCUT2D eigenvalue weighted by molar-refractivity contribution is 6.05. The number of aromatic nitrogens is 9. The molecule has 0 aliphatic heterocycles. The summed E-state index contributed by atoms with van der Waals surface area (Å²) in [4.78, 5) is 21.4. The predicted molar refractivity (Wildman–Crippen MR) is 392 cm³/mol. The summed E-state index contributed by atoms with van der Waals surface area (Å²) in [7, 11) is 8.42. The maximum atomic E-state index is 4.53. The highest BCUT2D eigenvalue weighted by atomic mass is 14.9. The maximum absolute atomic E-state index is 4.53. The molecule has 9 heteroatoms. The van der Waals surface area contributed by atoms with Crippen molar-refractivity contribution in [3.63, 3.8) is 0 Å². The van der Waals surface area contributed by atoms with E-state index in [0.717, 1.165) is 22.5 Å². The summed E-state index contributed by atoms with van der Waals surface area (Å²) in [6.45, 7) is 8.65. The van der Waals surface area contributed by atoms with Gasteiger partial charge in [-0.2, -0.15) is 0 Å². The molecule has 0 bridgehead atoms. The van der Waals surface area contributed by atoms with Gasteiger partial charge in [-0.25, -0.2) is 28.2 Å². The zero-order valence-corrected chi connectivity index (χ0v) is 55.5. The number of benzene rings is 8. The van der Waals surface area contributed by atoms with Crippen LogP contribution < -0.4 is 18.3 Å². The second-order valence-corrected chi connectivity index (χ2v) is 24.2. The first-order valence-corrected chi connectivity index (χ1v) is 32.4. The van der Waals surface area contributed by atoms with E-state index in [2.05, 4.69) is 342 Å². The molecule has 464 valence electrons. The van der Waals surface area contributed by atoms with Gasteiger partial charge in [0.05, 0.1) is 32.9 Å². The number of aryl methyl sites for hydroxylation is 8. The van der Waals surface area contributed by atoms with E-state index in [1.807, 2.05) is 55.2 Å². The fourth-order valence-electron chi connectivity index (χ4n) is 13.3. The Kier molecular flexibility index (Phi) is 18.6. The predicted octanol–water partition coefficient (Wildman–Crippen LogP) is 18.2. The first-order chi connectivity index (χ1) is 47.0. The molecule has 0 saturated heterocycles. The molecule has 0 aliphatic carbocycles. The fraction of sp³-hybridized carbons (Fsp3) is 0.0920. The Balaban J connectivity index is 0.000000116. The molecule has 8 aromatic heterocycles. The lowest BCUT2D eigenvalue weighted by Crippen LogP contribution is -2.30. The minimum absolute atomic E-state index is 0.945. The Morgan fingerprint density at radius 1 is 0.229 bits per heavy atom. The summed E-state index contributed by atoms with van der Waals surface area (Å²) >= 11 is 0. The van der Waals surface area contributed by atoms with Crippen LogP contribution >= 0.6 is 0 Å². The fourth-order valence-corrected chi connectivity index (χ4v) is 13.3. The van der Waals surface area contributed by atoms with E-state index in [0.29, 0.717) is 0 Å². The van der Waals surface area contributed by atoms with Gasteiger partial charge < -0.3 is 0 Å².